The molecule has 0 spiro atoms. The molecule has 0 aromatic heterocycles. The van der Waals surface area contributed by atoms with Crippen LogP contribution in [0, 0.1) is 0 Å². The molecule has 16 heavy (non-hydrogen) atoms. The van der Waals surface area contributed by atoms with Gasteiger partial charge in [0.15, 0.2) is 0 Å². The third kappa shape index (κ3) is 277000. The van der Waals surface area contributed by atoms with Crippen molar-refractivity contribution >= 4 is 10.4 Å². The predicted molar refractivity (Wildman–Crippen MR) is 46.6 cm³/mol. The van der Waals surface area contributed by atoms with Gasteiger partial charge in [-0.05, 0) is 0 Å². The summed E-state index contributed by atoms with van der Waals surface area (Å²) in [4.78, 5) is 0. The van der Waals surface area contributed by atoms with Gasteiger partial charge in [-0.15, -0.1) is 0 Å². The molecule has 0 rings (SSSR count). The molecule has 0 fully saturated rings. The van der Waals surface area contributed by atoms with Gasteiger partial charge in [-0.1, -0.05) is 0 Å². The Morgan fingerprint density at radius 3 is 0.500 bits per heavy atom. The minimum Gasteiger partial charge on any atom is -0.759 e. The molecule has 0 aromatic carbocycles. The third-order valence-corrected chi connectivity index (χ3v) is 0. The second-order valence-electron chi connectivity index (χ2n) is 0.408. The molecule has 0 aliphatic carbocycles. The standard InChI is InChI=1S/H2O4S.10H2O.Zn/c1-5(2,3)4;;;;;;;;;;;/h(H2,1,2,3,4);10*1H2;/q;;;;;;;;;;;+2/p-2. The largest absolute Gasteiger partial charge is 2.00 e. The molecule has 20 N–H and O–H groups in total. The fourth-order valence-corrected chi connectivity index (χ4v) is 0. The fraction of sp³-hybridized carbons (Fsp3) is 0. The van der Waals surface area contributed by atoms with E-state index in [1.165, 1.54) is 0 Å². The third-order valence-electron chi connectivity index (χ3n) is 0. The van der Waals surface area contributed by atoms with Crippen LogP contribution in [0.25, 0.3) is 0 Å². The summed E-state index contributed by atoms with van der Waals surface area (Å²) in [6, 6.07) is 0. The van der Waals surface area contributed by atoms with Crippen LogP contribution < -0.4 is 0 Å². The van der Waals surface area contributed by atoms with Crippen LogP contribution in [0.3, 0.4) is 0 Å². The van der Waals surface area contributed by atoms with Crippen LogP contribution in [0.5, 0.6) is 0 Å². The van der Waals surface area contributed by atoms with Gasteiger partial charge in [-0.2, -0.15) is 0 Å². The van der Waals surface area contributed by atoms with Crippen LogP contribution in [0.4, 0.5) is 0 Å². The first-order chi connectivity index (χ1) is 2.00. The summed E-state index contributed by atoms with van der Waals surface area (Å²) in [6.07, 6.45) is 0. The Morgan fingerprint density at radius 1 is 0.500 bits per heavy atom. The zero-order valence-electron chi connectivity index (χ0n) is 7.75. The molecule has 0 saturated heterocycles. The summed E-state index contributed by atoms with van der Waals surface area (Å²) >= 11 is 0. The van der Waals surface area contributed by atoms with E-state index in [1.54, 1.807) is 0 Å². The molecule has 0 atom stereocenters. The topological polar surface area (TPSA) is 395 Å². The summed E-state index contributed by atoms with van der Waals surface area (Å²) in [5.74, 6) is 0. The van der Waals surface area contributed by atoms with Crippen molar-refractivity contribution in [3.63, 3.8) is 0 Å². The van der Waals surface area contributed by atoms with Gasteiger partial charge in [-0.3, -0.25) is 8.42 Å². The van der Waals surface area contributed by atoms with E-state index in [9.17, 15) is 0 Å². The van der Waals surface area contributed by atoms with E-state index in [1.807, 2.05) is 0 Å². The molecule has 0 aromatic rings. The van der Waals surface area contributed by atoms with Crippen LogP contribution in [-0.2, 0) is 29.9 Å². The Morgan fingerprint density at radius 2 is 0.500 bits per heavy atom. The molecule has 0 saturated carbocycles. The average molecular weight is 342 g/mol. The Bertz CT molecular complexity index is 93.9. The van der Waals surface area contributed by atoms with Gasteiger partial charge >= 0.3 is 19.5 Å². The molecule has 0 bridgehead atoms. The molecule has 0 aliphatic rings. The van der Waals surface area contributed by atoms with Crippen molar-refractivity contribution in [2.75, 3.05) is 0 Å². The molecule has 14 nitrogen and oxygen atoms in total. The Labute approximate surface area is 103 Å². The second kappa shape index (κ2) is 80.7. The van der Waals surface area contributed by atoms with Crippen molar-refractivity contribution in [2.24, 2.45) is 0 Å². The van der Waals surface area contributed by atoms with Gasteiger partial charge in [0.1, 0.15) is 0 Å². The maximum atomic E-state index is 8.52. The van der Waals surface area contributed by atoms with Crippen molar-refractivity contribution in [1.82, 2.24) is 0 Å². The van der Waals surface area contributed by atoms with E-state index in [4.69, 9.17) is 17.5 Å². The minimum atomic E-state index is -5.17. The number of hydrogen-bond acceptors (Lipinski definition) is 4. The smallest absolute Gasteiger partial charge is 0.759 e. The van der Waals surface area contributed by atoms with E-state index in [0.29, 0.717) is 0 Å². The fourth-order valence-electron chi connectivity index (χ4n) is 0. The molecule has 0 radical (unpaired) electrons. The van der Waals surface area contributed by atoms with Crippen LogP contribution in [-0.4, -0.2) is 72.3 Å². The Hall–Kier alpha value is 0.0934. The van der Waals surface area contributed by atoms with Crippen LogP contribution in [0.1, 0.15) is 0 Å². The zero-order valence-corrected chi connectivity index (χ0v) is 11.5. The van der Waals surface area contributed by atoms with Crippen molar-refractivity contribution in [3.8, 4) is 0 Å². The van der Waals surface area contributed by atoms with Crippen LogP contribution >= 0.6 is 0 Å². The van der Waals surface area contributed by atoms with Crippen molar-refractivity contribution in [1.29, 1.82) is 0 Å². The quantitative estimate of drug-likeness (QED) is 0.235. The molecule has 0 unspecified atom stereocenters. The van der Waals surface area contributed by atoms with Gasteiger partial charge in [0.05, 0.1) is 0 Å². The Kier molecular flexibility index (Phi) is 1100. The summed E-state index contributed by atoms with van der Waals surface area (Å²) in [5.41, 5.74) is 0. The molecule has 112 valence electrons. The number of hydrogen-bond donors (Lipinski definition) is 0. The second-order valence-corrected chi connectivity index (χ2v) is 1.22. The first kappa shape index (κ1) is 219. The molecule has 0 heterocycles. The summed E-state index contributed by atoms with van der Waals surface area (Å²) < 4.78 is 34.1. The Balaban J connectivity index is -0.00000000145. The first-order valence-corrected chi connectivity index (χ1v) is 2.00. The number of rotatable bonds is 0. The molecule has 0 aliphatic heterocycles. The van der Waals surface area contributed by atoms with E-state index in [2.05, 4.69) is 0 Å². The molecule has 0 amide bonds. The van der Waals surface area contributed by atoms with Crippen LogP contribution in [0.15, 0.2) is 0 Å². The average Bonchev–Trinajstić information content (AvgIpc) is 0.722. The summed E-state index contributed by atoms with van der Waals surface area (Å²) in [5, 5.41) is 0. The van der Waals surface area contributed by atoms with Gasteiger partial charge in [0.25, 0.3) is 0 Å². The van der Waals surface area contributed by atoms with Gasteiger partial charge < -0.3 is 63.9 Å². The van der Waals surface area contributed by atoms with Crippen molar-refractivity contribution in [3.05, 3.63) is 0 Å². The van der Waals surface area contributed by atoms with Crippen molar-refractivity contribution in [2.45, 2.75) is 0 Å². The van der Waals surface area contributed by atoms with E-state index in [-0.39, 0.29) is 74.2 Å². The van der Waals surface area contributed by atoms with Gasteiger partial charge in [-0.25, -0.2) is 0 Å². The van der Waals surface area contributed by atoms with Gasteiger partial charge in [0.2, 0.25) is 0 Å². The maximum absolute atomic E-state index is 8.52. The normalized spacial score (nSPS) is 3.62. The first-order valence-electron chi connectivity index (χ1n) is 0.667. The van der Waals surface area contributed by atoms with Crippen LogP contribution in [0.2, 0.25) is 0 Å². The SMILES string of the molecule is O.O.O.O.O.O.O.O.O.O.O=S(=O)([O-])[O-].[Zn+2]. The minimum absolute atomic E-state index is 0. The predicted octanol–water partition coefficient (Wildman–Crippen LogP) is -9.59. The van der Waals surface area contributed by atoms with E-state index >= 15 is 0 Å². The van der Waals surface area contributed by atoms with E-state index in [0.717, 1.165) is 0 Å². The summed E-state index contributed by atoms with van der Waals surface area (Å²) in [7, 11) is -5.17. The monoisotopic (exact) mass is 340 g/mol. The van der Waals surface area contributed by atoms with Crippen molar-refractivity contribution < 1.29 is 91.8 Å². The molecule has 16 heteroatoms. The van der Waals surface area contributed by atoms with Gasteiger partial charge in [0, 0.05) is 10.4 Å². The zero-order chi connectivity index (χ0) is 4.50. The molecular weight excluding hydrogens is 321 g/mol. The summed E-state index contributed by atoms with van der Waals surface area (Å²) in [6.45, 7) is 0. The maximum Gasteiger partial charge on any atom is 2.00 e. The van der Waals surface area contributed by atoms with E-state index < -0.39 is 10.4 Å². The molecular formula is H20O14SZn.